The number of ether oxygens (including phenoxy) is 1. The van der Waals surface area contributed by atoms with Crippen molar-refractivity contribution in [3.05, 3.63) is 90.8 Å². The minimum Gasteiger partial charge on any atom is -0.497 e. The fourth-order valence-corrected chi connectivity index (χ4v) is 4.81. The molecule has 5 rings (SSSR count). The van der Waals surface area contributed by atoms with Gasteiger partial charge in [-0.15, -0.1) is 0 Å². The zero-order valence-electron chi connectivity index (χ0n) is 20.8. The molecule has 37 heavy (non-hydrogen) atoms. The highest BCUT2D eigenvalue weighted by Gasteiger charge is 2.26. The van der Waals surface area contributed by atoms with Crippen LogP contribution < -0.4 is 10.1 Å². The molecule has 0 radical (unpaired) electrons. The van der Waals surface area contributed by atoms with Crippen molar-refractivity contribution in [3.63, 3.8) is 0 Å². The van der Waals surface area contributed by atoms with Gasteiger partial charge in [-0.3, -0.25) is 19.3 Å². The number of nitrogens with one attached hydrogen (secondary N) is 1. The molecule has 3 heterocycles. The van der Waals surface area contributed by atoms with Crippen molar-refractivity contribution in [3.8, 4) is 17.0 Å². The molecular formula is C29H29N5O3. The number of pyridine rings is 1. The van der Waals surface area contributed by atoms with E-state index in [4.69, 9.17) is 9.84 Å². The molecule has 2 aromatic carbocycles. The number of benzene rings is 2. The smallest absolute Gasteiger partial charge is 0.251 e. The maximum atomic E-state index is 12.7. The largest absolute Gasteiger partial charge is 0.497 e. The number of piperidine rings is 1. The Hall–Kier alpha value is -4.46. The summed E-state index contributed by atoms with van der Waals surface area (Å²) in [7, 11) is 1.62. The highest BCUT2D eigenvalue weighted by Crippen LogP contribution is 2.32. The molecule has 2 amide bonds. The molecule has 1 N–H and O–H groups in total. The third-order valence-electron chi connectivity index (χ3n) is 6.74. The Bertz CT molecular complexity index is 1440. The predicted molar refractivity (Wildman–Crippen MR) is 142 cm³/mol. The molecule has 0 aliphatic carbocycles. The van der Waals surface area contributed by atoms with Gasteiger partial charge in [-0.1, -0.05) is 30.8 Å². The van der Waals surface area contributed by atoms with Crippen LogP contribution in [0.4, 0.5) is 0 Å². The summed E-state index contributed by atoms with van der Waals surface area (Å²) in [6.07, 6.45) is 6.79. The monoisotopic (exact) mass is 495 g/mol. The lowest BCUT2D eigenvalue weighted by atomic mass is 10.1. The summed E-state index contributed by atoms with van der Waals surface area (Å²) in [5.74, 6) is 0.550. The first-order valence-electron chi connectivity index (χ1n) is 12.3. The van der Waals surface area contributed by atoms with Gasteiger partial charge in [0.15, 0.2) is 0 Å². The second-order valence-corrected chi connectivity index (χ2v) is 9.08. The fourth-order valence-electron chi connectivity index (χ4n) is 4.81. The van der Waals surface area contributed by atoms with E-state index < -0.39 is 0 Å². The van der Waals surface area contributed by atoms with Crippen LogP contribution in [0.3, 0.4) is 0 Å². The Balaban J connectivity index is 1.36. The van der Waals surface area contributed by atoms with E-state index in [1.165, 1.54) is 6.08 Å². The van der Waals surface area contributed by atoms with Crippen LogP contribution >= 0.6 is 0 Å². The molecule has 1 atom stereocenters. The van der Waals surface area contributed by atoms with Gasteiger partial charge in [-0.2, -0.15) is 5.10 Å². The van der Waals surface area contributed by atoms with Gasteiger partial charge in [0.1, 0.15) is 11.4 Å². The number of hydrogen-bond donors (Lipinski definition) is 1. The zero-order chi connectivity index (χ0) is 25.8. The van der Waals surface area contributed by atoms with E-state index in [1.807, 2.05) is 70.4 Å². The van der Waals surface area contributed by atoms with Crippen molar-refractivity contribution >= 4 is 22.7 Å². The lowest BCUT2D eigenvalue weighted by Crippen LogP contribution is -2.40. The van der Waals surface area contributed by atoms with Crippen molar-refractivity contribution in [2.24, 2.45) is 0 Å². The van der Waals surface area contributed by atoms with Gasteiger partial charge in [0, 0.05) is 48.5 Å². The average Bonchev–Trinajstić information content (AvgIpc) is 3.35. The standard InChI is InChI=1S/C29H29N5O3/c1-3-27(35)33-15-5-7-23(19-33)34-26-13-14-30-18-25(26)28(32-34)21-9-11-22(12-10-21)29(36)31-17-20-6-4-8-24(16-20)37-2/h3-4,6,8-14,16,18,23H,1,5,7,15,17,19H2,2H3,(H,31,36). The molecule has 0 spiro atoms. The fraction of sp³-hybridized carbons (Fsp3) is 0.241. The Morgan fingerprint density at radius 3 is 2.81 bits per heavy atom. The summed E-state index contributed by atoms with van der Waals surface area (Å²) < 4.78 is 7.26. The first-order valence-corrected chi connectivity index (χ1v) is 12.3. The Morgan fingerprint density at radius 2 is 2.03 bits per heavy atom. The number of amides is 2. The second kappa shape index (κ2) is 10.7. The van der Waals surface area contributed by atoms with Gasteiger partial charge >= 0.3 is 0 Å². The summed E-state index contributed by atoms with van der Waals surface area (Å²) >= 11 is 0. The minimum atomic E-state index is -0.152. The molecular weight excluding hydrogens is 466 g/mol. The number of hydrogen-bond acceptors (Lipinski definition) is 5. The van der Waals surface area contributed by atoms with E-state index in [0.717, 1.165) is 52.9 Å². The molecule has 4 aromatic rings. The number of carbonyl (C=O) groups is 2. The molecule has 0 saturated carbocycles. The van der Waals surface area contributed by atoms with Crippen molar-refractivity contribution in [2.45, 2.75) is 25.4 Å². The number of likely N-dealkylation sites (tertiary alicyclic amines) is 1. The summed E-state index contributed by atoms with van der Waals surface area (Å²) in [4.78, 5) is 31.1. The Labute approximate surface area is 215 Å². The molecule has 1 aliphatic heterocycles. The number of rotatable bonds is 7. The molecule has 8 nitrogen and oxygen atoms in total. The molecule has 8 heteroatoms. The normalized spacial score (nSPS) is 15.4. The molecule has 0 bridgehead atoms. The molecule has 188 valence electrons. The number of aromatic nitrogens is 3. The molecule has 1 saturated heterocycles. The van der Waals surface area contributed by atoms with Gasteiger partial charge in [-0.05, 0) is 54.8 Å². The van der Waals surface area contributed by atoms with Gasteiger partial charge < -0.3 is 15.0 Å². The van der Waals surface area contributed by atoms with Crippen LogP contribution in [0.2, 0.25) is 0 Å². The summed E-state index contributed by atoms with van der Waals surface area (Å²) in [6.45, 7) is 5.36. The number of carbonyl (C=O) groups excluding carboxylic acids is 2. The third-order valence-corrected chi connectivity index (χ3v) is 6.74. The second-order valence-electron chi connectivity index (χ2n) is 9.08. The number of fused-ring (bicyclic) bond motifs is 1. The topological polar surface area (TPSA) is 89.4 Å². The van der Waals surface area contributed by atoms with Crippen molar-refractivity contribution in [1.29, 1.82) is 0 Å². The summed E-state index contributed by atoms with van der Waals surface area (Å²) in [5.41, 5.74) is 4.21. The minimum absolute atomic E-state index is 0.0525. The van der Waals surface area contributed by atoms with Crippen LogP contribution in [0.1, 0.15) is 34.8 Å². The van der Waals surface area contributed by atoms with Crippen LogP contribution in [-0.2, 0) is 11.3 Å². The van der Waals surface area contributed by atoms with Gasteiger partial charge in [-0.25, -0.2) is 0 Å². The zero-order valence-corrected chi connectivity index (χ0v) is 20.8. The van der Waals surface area contributed by atoms with Crippen LogP contribution in [-0.4, -0.2) is 51.7 Å². The lowest BCUT2D eigenvalue weighted by Gasteiger charge is -2.32. The van der Waals surface area contributed by atoms with Gasteiger partial charge in [0.25, 0.3) is 5.91 Å². The van der Waals surface area contributed by atoms with E-state index in [1.54, 1.807) is 13.3 Å². The van der Waals surface area contributed by atoms with E-state index in [9.17, 15) is 9.59 Å². The van der Waals surface area contributed by atoms with Gasteiger partial charge in [0.05, 0.1) is 18.7 Å². The molecule has 1 fully saturated rings. The molecule has 1 unspecified atom stereocenters. The SMILES string of the molecule is C=CC(=O)N1CCCC(n2nc(-c3ccc(C(=O)NCc4cccc(OC)c4)cc3)c3cnccc32)C1. The van der Waals surface area contributed by atoms with Crippen LogP contribution in [0.25, 0.3) is 22.2 Å². The third kappa shape index (κ3) is 5.09. The number of nitrogens with zero attached hydrogens (tertiary/aromatic N) is 4. The van der Waals surface area contributed by atoms with Crippen LogP contribution in [0.15, 0.2) is 79.6 Å². The number of methoxy groups -OCH3 is 1. The van der Waals surface area contributed by atoms with E-state index in [0.29, 0.717) is 18.7 Å². The molecule has 1 aliphatic rings. The first-order chi connectivity index (χ1) is 18.1. The van der Waals surface area contributed by atoms with E-state index >= 15 is 0 Å². The predicted octanol–water partition coefficient (Wildman–Crippen LogP) is 4.39. The quantitative estimate of drug-likeness (QED) is 0.384. The van der Waals surface area contributed by atoms with Gasteiger partial charge in [0.2, 0.25) is 5.91 Å². The van der Waals surface area contributed by atoms with Crippen LogP contribution in [0, 0.1) is 0 Å². The first kappa shape index (κ1) is 24.2. The molecule has 2 aromatic heterocycles. The van der Waals surface area contributed by atoms with E-state index in [2.05, 4.69) is 16.9 Å². The Kier molecular flexibility index (Phi) is 6.98. The van der Waals surface area contributed by atoms with Crippen molar-refractivity contribution in [2.75, 3.05) is 20.2 Å². The Morgan fingerprint density at radius 1 is 1.19 bits per heavy atom. The maximum Gasteiger partial charge on any atom is 0.251 e. The van der Waals surface area contributed by atoms with Crippen molar-refractivity contribution < 1.29 is 14.3 Å². The summed E-state index contributed by atoms with van der Waals surface area (Å²) in [6, 6.07) is 17.1. The van der Waals surface area contributed by atoms with E-state index in [-0.39, 0.29) is 17.9 Å². The van der Waals surface area contributed by atoms with Crippen molar-refractivity contribution in [1.82, 2.24) is 25.0 Å². The highest BCUT2D eigenvalue weighted by atomic mass is 16.5. The average molecular weight is 496 g/mol. The highest BCUT2D eigenvalue weighted by molar-refractivity contribution is 5.96. The lowest BCUT2D eigenvalue weighted by molar-refractivity contribution is -0.127. The maximum absolute atomic E-state index is 12.7. The summed E-state index contributed by atoms with van der Waals surface area (Å²) in [5, 5.41) is 8.86. The van der Waals surface area contributed by atoms with Crippen LogP contribution in [0.5, 0.6) is 5.75 Å².